The number of hydrogen-bond donors (Lipinski definition) is 8. The fourth-order valence-electron chi connectivity index (χ4n) is 16.2. The number of esters is 1. The second-order valence-electron chi connectivity index (χ2n) is 23.9. The Morgan fingerprint density at radius 3 is 2.67 bits per heavy atom. The van der Waals surface area contributed by atoms with Crippen LogP contribution in [0.25, 0.3) is 0 Å². The molecule has 12 rings (SSSR count). The largest absolute Gasteiger partial charge is 0.459 e. The lowest BCUT2D eigenvalue weighted by Crippen LogP contribution is -2.66. The number of carbonyl (C=O) groups excluding carboxylic acids is 3. The van der Waals surface area contributed by atoms with E-state index in [1.165, 1.54) is 16.7 Å². The Balaban J connectivity index is 1.02. The van der Waals surface area contributed by atoms with Gasteiger partial charge in [0.25, 0.3) is 5.60 Å². The number of aliphatic hydroxyl groups is 2. The van der Waals surface area contributed by atoms with E-state index < -0.39 is 40.4 Å². The summed E-state index contributed by atoms with van der Waals surface area (Å²) in [6.45, 7) is 7.45. The molecule has 11 aliphatic rings. The van der Waals surface area contributed by atoms with Crippen LogP contribution in [0.1, 0.15) is 143 Å². The number of likely N-dealkylation sites (N-methyl/N-ethyl adjacent to an activating group) is 1. The minimum atomic E-state index is -2.26. The fraction of sp³-hybridized carbons (Fsp3) is 0.617. The van der Waals surface area contributed by atoms with E-state index in [1.54, 1.807) is 6.07 Å². The molecule has 0 radical (unpaired) electrons. The highest BCUT2D eigenvalue weighted by molar-refractivity contribution is 6.33. The molecule has 0 aromatic heterocycles. The number of epoxide rings is 1. The van der Waals surface area contributed by atoms with E-state index in [0.29, 0.717) is 49.1 Å². The number of benzene rings is 1. The van der Waals surface area contributed by atoms with E-state index in [4.69, 9.17) is 15.2 Å². The van der Waals surface area contributed by atoms with E-state index in [1.807, 2.05) is 38.4 Å². The molecule has 13 atom stereocenters. The first kappa shape index (κ1) is 50.5. The zero-order valence-electron chi connectivity index (χ0n) is 43.6. The lowest BCUT2D eigenvalue weighted by molar-refractivity contribution is -0.173. The summed E-state index contributed by atoms with van der Waals surface area (Å²) < 4.78 is 13.9. The smallest absolute Gasteiger partial charge is 0.350 e. The maximum atomic E-state index is 16.1. The summed E-state index contributed by atoms with van der Waals surface area (Å²) in [5.74, 6) is 0.495. The number of allylic oxidation sites excluding steroid dienone is 8. The molecule has 6 heterocycles. The number of rotatable bonds is 13. The van der Waals surface area contributed by atoms with Crippen molar-refractivity contribution >= 4 is 17.5 Å². The molecule has 1 aromatic carbocycles. The Bertz CT molecular complexity index is 2630. The van der Waals surface area contributed by atoms with Gasteiger partial charge in [-0.15, -0.1) is 0 Å². The van der Waals surface area contributed by atoms with E-state index in [2.05, 4.69) is 70.8 Å². The monoisotopic (exact) mass is 997 g/mol. The predicted molar refractivity (Wildman–Crippen MR) is 281 cm³/mol. The number of nitrogens with two attached hydrogens (primary N) is 1. The SMILES string of the molecule is CCNC12C=C3C=CCC4C5CCCC(C)(CC6=CNC(N)C=C6)Cc6cccc7c6C(=O)C6(OC6(CC(CO)=C(C)CCC6=CCNC8=C6CCC(NC)N8)C7=O)C(=O)OC(C(CCO)CC1)C2C(CC5)C34. The Kier molecular flexibility index (Phi) is 13.7. The topological polar surface area (TPSA) is 200 Å². The molecule has 3 fully saturated rings. The van der Waals surface area contributed by atoms with Crippen LogP contribution in [0.5, 0.6) is 0 Å². The Morgan fingerprint density at radius 1 is 1.03 bits per heavy atom. The van der Waals surface area contributed by atoms with Crippen LogP contribution >= 0.6 is 0 Å². The van der Waals surface area contributed by atoms with Crippen LogP contribution in [0.15, 0.2) is 100 Å². The van der Waals surface area contributed by atoms with Crippen molar-refractivity contribution in [1.29, 1.82) is 0 Å². The number of nitrogens with one attached hydrogen (secondary N) is 5. The Labute approximate surface area is 432 Å². The van der Waals surface area contributed by atoms with Crippen molar-refractivity contribution in [2.45, 2.75) is 159 Å². The summed E-state index contributed by atoms with van der Waals surface area (Å²) >= 11 is 0. The molecule has 1 aromatic rings. The third kappa shape index (κ3) is 8.56. The van der Waals surface area contributed by atoms with E-state index in [-0.39, 0.29) is 66.3 Å². The maximum absolute atomic E-state index is 16.1. The highest BCUT2D eigenvalue weighted by Crippen LogP contribution is 2.63. The summed E-state index contributed by atoms with van der Waals surface area (Å²) in [6.07, 6.45) is 27.3. The molecule has 73 heavy (non-hydrogen) atoms. The number of aliphatic hydroxyl groups excluding tert-OH is 2. The molecule has 9 N–H and O–H groups in total. The molecule has 392 valence electrons. The lowest BCUT2D eigenvalue weighted by atomic mass is 9.48. The molecule has 13 heteroatoms. The standard InChI is InChI=1S/C60H80N6O7/c1-5-65-58-26-22-39(24-28-67)52-51(58)45-18-17-37(43-12-6-10-41(31-58)49(43)45)11-8-25-57(3,29-36-15-20-47(61)64-33-36)30-40-9-7-13-46-50(40)54(70)60(56(71)72-52)59(73-60,53(46)69)32-42(34-68)35(2)14-16-38-23-27-63-55-44(38)19-21-48(62-4)66-55/h6-7,9-10,13,15,20,23,31,33,37,39,43,45,47-49,51-52,62-68H,5,8,11-12,14,16-19,21-22,24-30,32,34,61H2,1-4H3. The molecule has 5 aliphatic carbocycles. The third-order valence-corrected chi connectivity index (χ3v) is 19.7. The van der Waals surface area contributed by atoms with Gasteiger partial charge in [-0.2, -0.15) is 0 Å². The Hall–Kier alpha value is -4.63. The molecule has 2 saturated carbocycles. The van der Waals surface area contributed by atoms with Gasteiger partial charge in [0.05, 0.1) is 18.9 Å². The molecular formula is C60H80N6O7. The number of Topliss-reactive ketones (excluding diaryl/α,β-unsaturated/α-hetero) is 2. The second kappa shape index (κ2) is 19.8. The van der Waals surface area contributed by atoms with Crippen LogP contribution in [0.2, 0.25) is 0 Å². The number of carbonyl (C=O) groups is 3. The average Bonchev–Trinajstić information content (AvgIpc) is 4.11. The molecular weight excluding hydrogens is 917 g/mol. The van der Waals surface area contributed by atoms with Gasteiger partial charge in [0.2, 0.25) is 5.78 Å². The second-order valence-corrected chi connectivity index (χ2v) is 23.9. The van der Waals surface area contributed by atoms with Crippen molar-refractivity contribution in [3.63, 3.8) is 0 Å². The number of fused-ring (bicyclic) bond motifs is 6. The number of dihydropyridines is 2. The van der Waals surface area contributed by atoms with Gasteiger partial charge in [-0.1, -0.05) is 80.8 Å². The fourth-order valence-corrected chi connectivity index (χ4v) is 16.2. The number of hydrogen-bond acceptors (Lipinski definition) is 13. The average molecular weight is 997 g/mol. The minimum absolute atomic E-state index is 0.0563. The zero-order chi connectivity index (χ0) is 50.9. The van der Waals surface area contributed by atoms with E-state index in [9.17, 15) is 10.2 Å². The van der Waals surface area contributed by atoms with Crippen molar-refractivity contribution < 1.29 is 34.1 Å². The molecule has 6 aliphatic heterocycles. The van der Waals surface area contributed by atoms with Gasteiger partial charge in [-0.3, -0.25) is 9.59 Å². The Morgan fingerprint density at radius 2 is 1.89 bits per heavy atom. The van der Waals surface area contributed by atoms with Crippen molar-refractivity contribution in [2.24, 2.45) is 46.7 Å². The van der Waals surface area contributed by atoms with Crippen molar-refractivity contribution in [3.05, 3.63) is 117 Å². The predicted octanol–water partition coefficient (Wildman–Crippen LogP) is 7.00. The molecule has 13 unspecified atom stereocenters. The molecule has 13 nitrogen and oxygen atoms in total. The zero-order valence-corrected chi connectivity index (χ0v) is 43.6. The highest BCUT2D eigenvalue weighted by Gasteiger charge is 2.86. The van der Waals surface area contributed by atoms with Crippen molar-refractivity contribution in [3.8, 4) is 0 Å². The van der Waals surface area contributed by atoms with Gasteiger partial charge >= 0.3 is 5.97 Å². The number of ether oxygens (including phenoxy) is 2. The van der Waals surface area contributed by atoms with Crippen LogP contribution in [0.3, 0.4) is 0 Å². The van der Waals surface area contributed by atoms with Gasteiger partial charge in [0, 0.05) is 48.4 Å². The maximum Gasteiger partial charge on any atom is 0.350 e. The van der Waals surface area contributed by atoms with Crippen LogP contribution in [-0.2, 0) is 20.7 Å². The van der Waals surface area contributed by atoms with Crippen LogP contribution in [0, 0.1) is 40.9 Å². The van der Waals surface area contributed by atoms with Gasteiger partial charge in [-0.05, 0) is 178 Å². The quantitative estimate of drug-likeness (QED) is 0.0436. The first-order valence-corrected chi connectivity index (χ1v) is 28.0. The van der Waals surface area contributed by atoms with Gasteiger partial charge < -0.3 is 52.0 Å². The molecule has 6 bridgehead atoms. The minimum Gasteiger partial charge on any atom is -0.459 e. The van der Waals surface area contributed by atoms with Crippen LogP contribution in [-0.4, -0.2) is 96.3 Å². The summed E-state index contributed by atoms with van der Waals surface area (Å²) in [5, 5.41) is 39.6. The van der Waals surface area contributed by atoms with Gasteiger partial charge in [-0.25, -0.2) is 4.79 Å². The van der Waals surface area contributed by atoms with Crippen LogP contribution < -0.4 is 32.3 Å². The molecule has 1 spiro atoms. The van der Waals surface area contributed by atoms with E-state index >= 15 is 14.4 Å². The summed E-state index contributed by atoms with van der Waals surface area (Å²) in [6, 6.07) is 5.55. The van der Waals surface area contributed by atoms with E-state index in [0.717, 1.165) is 106 Å². The van der Waals surface area contributed by atoms with Crippen molar-refractivity contribution in [1.82, 2.24) is 26.6 Å². The summed E-state index contributed by atoms with van der Waals surface area (Å²) in [5.41, 5.74) is 9.00. The number of ketones is 2. The highest BCUT2D eigenvalue weighted by atomic mass is 16.7. The van der Waals surface area contributed by atoms with Crippen LogP contribution in [0.4, 0.5) is 0 Å². The summed E-state index contributed by atoms with van der Waals surface area (Å²) in [7, 11) is 1.96. The molecule has 1 saturated heterocycles. The lowest BCUT2D eigenvalue weighted by Gasteiger charge is -2.60. The first-order valence-electron chi connectivity index (χ1n) is 28.0. The van der Waals surface area contributed by atoms with Gasteiger partial charge in [0.15, 0.2) is 11.4 Å². The first-order chi connectivity index (χ1) is 35.3. The normalized spacial score (nSPS) is 38.5. The molecule has 0 amide bonds. The van der Waals surface area contributed by atoms with Gasteiger partial charge in [0.1, 0.15) is 11.9 Å². The third-order valence-electron chi connectivity index (χ3n) is 19.7. The summed E-state index contributed by atoms with van der Waals surface area (Å²) in [4.78, 5) is 47.8. The van der Waals surface area contributed by atoms with Crippen molar-refractivity contribution in [2.75, 3.05) is 33.4 Å².